The predicted octanol–water partition coefficient (Wildman–Crippen LogP) is 3.53. The second-order valence-corrected chi connectivity index (χ2v) is 10.0. The fourth-order valence-corrected chi connectivity index (χ4v) is 6.07. The fourth-order valence-electron chi connectivity index (χ4n) is 5.07. The van der Waals surface area contributed by atoms with E-state index in [0.717, 1.165) is 50.6 Å². The van der Waals surface area contributed by atoms with Gasteiger partial charge < -0.3 is 10.1 Å². The van der Waals surface area contributed by atoms with E-state index in [1.807, 2.05) is 0 Å². The van der Waals surface area contributed by atoms with E-state index in [0.29, 0.717) is 24.9 Å². The van der Waals surface area contributed by atoms with Crippen LogP contribution in [0.15, 0.2) is 21.5 Å². The smallest absolute Gasteiger partial charge is 0.354 e. The van der Waals surface area contributed by atoms with E-state index in [1.165, 1.54) is 28.5 Å². The van der Waals surface area contributed by atoms with Gasteiger partial charge in [0, 0.05) is 18.7 Å². The van der Waals surface area contributed by atoms with E-state index in [2.05, 4.69) is 27.8 Å². The molecule has 1 aromatic heterocycles. The summed E-state index contributed by atoms with van der Waals surface area (Å²) in [6.45, 7) is 3.34. The zero-order valence-corrected chi connectivity index (χ0v) is 18.0. The Hall–Kier alpha value is -2.39. The number of hydrogen-bond acceptors (Lipinski definition) is 4. The van der Waals surface area contributed by atoms with E-state index >= 15 is 0 Å². The normalized spacial score (nSPS) is 21.2. The summed E-state index contributed by atoms with van der Waals surface area (Å²) in [6, 6.07) is 1.64. The highest BCUT2D eigenvalue weighted by molar-refractivity contribution is 7.91. The van der Waals surface area contributed by atoms with Crippen molar-refractivity contribution in [2.24, 2.45) is 9.50 Å². The van der Waals surface area contributed by atoms with Gasteiger partial charge in [0.2, 0.25) is 5.88 Å². The van der Waals surface area contributed by atoms with E-state index in [9.17, 15) is 9.00 Å². The summed E-state index contributed by atoms with van der Waals surface area (Å²) in [5.74, 6) is 0.775. The summed E-state index contributed by atoms with van der Waals surface area (Å²) >= 11 is 0. The molecule has 5 rings (SSSR count). The van der Waals surface area contributed by atoms with E-state index in [4.69, 9.17) is 9.88 Å². The number of urea groups is 1. The van der Waals surface area contributed by atoms with Gasteiger partial charge in [-0.1, -0.05) is 13.0 Å². The largest absolute Gasteiger partial charge is 0.477 e. The first-order valence-electron chi connectivity index (χ1n) is 10.7. The van der Waals surface area contributed by atoms with Gasteiger partial charge in [0.05, 0.1) is 12.8 Å². The maximum absolute atomic E-state index is 13.1. The van der Waals surface area contributed by atoms with Gasteiger partial charge in [0.15, 0.2) is 9.92 Å². The number of nitrogens with one attached hydrogen (secondary N) is 1. The second-order valence-electron chi connectivity index (χ2n) is 8.29. The summed E-state index contributed by atoms with van der Waals surface area (Å²) in [6.07, 6.45) is 8.44. The number of ether oxygens (including phenoxy) is 1. The number of rotatable bonds is 3. The highest BCUT2D eigenvalue weighted by atomic mass is 32.2. The molecular weight excluding hydrogens is 402 g/mol. The molecule has 2 heterocycles. The molecule has 0 bridgehead atoms. The predicted molar refractivity (Wildman–Crippen MR) is 114 cm³/mol. The summed E-state index contributed by atoms with van der Waals surface area (Å²) in [5, 5.41) is 13.2. The number of amides is 2. The van der Waals surface area contributed by atoms with Crippen molar-refractivity contribution in [3.63, 3.8) is 0 Å². The van der Waals surface area contributed by atoms with E-state index in [-0.39, 0.29) is 4.90 Å². The zero-order valence-electron chi connectivity index (χ0n) is 17.1. The number of nitrogens with two attached hydrogens (primary N) is 1. The van der Waals surface area contributed by atoms with Gasteiger partial charge >= 0.3 is 6.03 Å². The molecule has 8 nitrogen and oxygen atoms in total. The number of aromatic nitrogens is 2. The third-order valence-corrected chi connectivity index (χ3v) is 7.81. The van der Waals surface area contributed by atoms with Crippen molar-refractivity contribution in [3.8, 4) is 5.88 Å². The average molecular weight is 430 g/mol. The topological polar surface area (TPSA) is 112 Å². The summed E-state index contributed by atoms with van der Waals surface area (Å²) in [4.78, 5) is 13.1. The lowest BCUT2D eigenvalue weighted by molar-refractivity contribution is 0.224. The lowest BCUT2D eigenvalue weighted by atomic mass is 9.92. The highest BCUT2D eigenvalue weighted by Crippen LogP contribution is 2.45. The van der Waals surface area contributed by atoms with Gasteiger partial charge in [0.25, 0.3) is 0 Å². The molecule has 1 unspecified atom stereocenters. The highest BCUT2D eigenvalue weighted by Gasteiger charge is 2.30. The molecule has 0 fully saturated rings. The molecule has 0 saturated carbocycles. The molecule has 160 valence electrons. The van der Waals surface area contributed by atoms with Crippen LogP contribution < -0.4 is 15.2 Å². The molecule has 0 spiro atoms. The zero-order chi connectivity index (χ0) is 20.9. The second kappa shape index (κ2) is 7.39. The van der Waals surface area contributed by atoms with E-state index < -0.39 is 15.9 Å². The number of fused-ring (bicyclic) bond motifs is 3. The first-order chi connectivity index (χ1) is 14.5. The Balaban J connectivity index is 1.51. The third kappa shape index (κ3) is 3.20. The standard InChI is InChI=1S/C21H27N5O3S/c1-2-13-7-8-15-11-14-5-3-6-16(14)19(18(13)15)24-21(27)25-30(22,28)17-12-23-26-9-4-10-29-20(17)26/h11-13H,2-10H2,1H3,(H3,22,24,25,27,28)/t13-,30?/m1/s1. The lowest BCUT2D eigenvalue weighted by Crippen LogP contribution is -2.21. The molecule has 0 saturated heterocycles. The summed E-state index contributed by atoms with van der Waals surface area (Å²) < 4.78 is 24.2. The van der Waals surface area contributed by atoms with Crippen molar-refractivity contribution in [3.05, 3.63) is 34.5 Å². The average Bonchev–Trinajstić information content (AvgIpc) is 3.44. The molecule has 2 amide bonds. The van der Waals surface area contributed by atoms with Gasteiger partial charge in [-0.2, -0.15) is 5.10 Å². The SMILES string of the molecule is CC[C@@H]1CCc2cc3c(c(NC(=O)N=S(N)(=O)c4cnn5c4OCCC5)c21)CCC3. The van der Waals surface area contributed by atoms with Gasteiger partial charge in [-0.15, -0.1) is 4.36 Å². The van der Waals surface area contributed by atoms with Gasteiger partial charge in [0.1, 0.15) is 4.90 Å². The molecule has 3 aliphatic rings. The van der Waals surface area contributed by atoms with Crippen molar-refractivity contribution in [2.45, 2.75) is 69.2 Å². The van der Waals surface area contributed by atoms with Crippen molar-refractivity contribution < 1.29 is 13.7 Å². The van der Waals surface area contributed by atoms with Crippen LogP contribution in [0.5, 0.6) is 5.88 Å². The minimum Gasteiger partial charge on any atom is -0.477 e. The van der Waals surface area contributed by atoms with Crippen LogP contribution >= 0.6 is 0 Å². The molecule has 2 aliphatic carbocycles. The Morgan fingerprint density at radius 1 is 1.37 bits per heavy atom. The maximum atomic E-state index is 13.1. The Bertz CT molecular complexity index is 1150. The number of carbonyl (C=O) groups is 1. The van der Waals surface area contributed by atoms with Crippen molar-refractivity contribution in [1.82, 2.24) is 9.78 Å². The number of nitrogens with zero attached hydrogens (tertiary/aromatic N) is 3. The Kier molecular flexibility index (Phi) is 4.82. The van der Waals surface area contributed by atoms with Crippen LogP contribution in [-0.2, 0) is 35.7 Å². The minimum absolute atomic E-state index is 0.173. The molecule has 2 atom stereocenters. The number of hydrogen-bond donors (Lipinski definition) is 2. The Morgan fingerprint density at radius 3 is 3.07 bits per heavy atom. The molecule has 0 radical (unpaired) electrons. The van der Waals surface area contributed by atoms with Crippen molar-refractivity contribution in [2.75, 3.05) is 11.9 Å². The van der Waals surface area contributed by atoms with Gasteiger partial charge in [-0.05, 0) is 66.7 Å². The molecule has 1 aromatic carbocycles. The monoisotopic (exact) mass is 429 g/mol. The molecular formula is C21H27N5O3S. The first kappa shape index (κ1) is 19.6. The number of aryl methyl sites for hydroxylation is 3. The first-order valence-corrected chi connectivity index (χ1v) is 12.3. The van der Waals surface area contributed by atoms with Gasteiger partial charge in [-0.25, -0.2) is 18.8 Å². The maximum Gasteiger partial charge on any atom is 0.354 e. The van der Waals surface area contributed by atoms with Crippen molar-refractivity contribution in [1.29, 1.82) is 0 Å². The van der Waals surface area contributed by atoms with Crippen molar-refractivity contribution >= 4 is 21.6 Å². The molecule has 2 aromatic rings. The molecule has 1 aliphatic heterocycles. The fraction of sp³-hybridized carbons (Fsp3) is 0.524. The van der Waals surface area contributed by atoms with Crippen LogP contribution in [0.25, 0.3) is 0 Å². The van der Waals surface area contributed by atoms with E-state index in [1.54, 1.807) is 4.68 Å². The quantitative estimate of drug-likeness (QED) is 0.777. The third-order valence-electron chi connectivity index (χ3n) is 6.47. The van der Waals surface area contributed by atoms with Crippen LogP contribution in [-0.4, -0.2) is 26.6 Å². The summed E-state index contributed by atoms with van der Waals surface area (Å²) in [7, 11) is -3.47. The lowest BCUT2D eigenvalue weighted by Gasteiger charge is -2.19. The van der Waals surface area contributed by atoms with Crippen LogP contribution in [0.1, 0.15) is 60.8 Å². The Morgan fingerprint density at radius 2 is 2.23 bits per heavy atom. The Labute approximate surface area is 176 Å². The van der Waals surface area contributed by atoms with Crippen LogP contribution in [0, 0.1) is 0 Å². The number of benzene rings is 1. The molecule has 9 heteroatoms. The minimum atomic E-state index is -3.47. The number of carbonyl (C=O) groups excluding carboxylic acids is 1. The van der Waals surface area contributed by atoms with Gasteiger partial charge in [-0.3, -0.25) is 0 Å². The number of anilines is 1. The molecule has 3 N–H and O–H groups in total. The van der Waals surface area contributed by atoms with Crippen LogP contribution in [0.2, 0.25) is 0 Å². The van der Waals surface area contributed by atoms with Crippen LogP contribution in [0.3, 0.4) is 0 Å². The molecule has 30 heavy (non-hydrogen) atoms. The summed E-state index contributed by atoms with van der Waals surface area (Å²) in [5.41, 5.74) is 5.95. The van der Waals surface area contributed by atoms with Crippen LogP contribution in [0.4, 0.5) is 10.5 Å².